The number of H-pyrrole nitrogens is 1. The first kappa shape index (κ1) is 10.6. The Labute approximate surface area is 82.5 Å². The number of aryl methyl sites for hydroxylation is 1. The van der Waals surface area contributed by atoms with E-state index in [-0.39, 0.29) is 5.75 Å². The molecule has 1 rings (SSSR count). The van der Waals surface area contributed by atoms with Crippen molar-refractivity contribution in [3.05, 3.63) is 24.0 Å². The molecule has 0 bridgehead atoms. The summed E-state index contributed by atoms with van der Waals surface area (Å²) in [6, 6.07) is 1.98. The predicted molar refractivity (Wildman–Crippen MR) is 53.4 cm³/mol. The molecule has 0 aliphatic heterocycles. The minimum atomic E-state index is -3.30. The van der Waals surface area contributed by atoms with Crippen molar-refractivity contribution in [3.8, 4) is 0 Å². The molecule has 0 radical (unpaired) electrons. The number of hydrogen-bond acceptors (Lipinski definition) is 2. The Morgan fingerprint density at radius 3 is 2.69 bits per heavy atom. The quantitative estimate of drug-likeness (QED) is 0.610. The Morgan fingerprint density at radius 2 is 2.15 bits per heavy atom. The van der Waals surface area contributed by atoms with Crippen molar-refractivity contribution in [1.82, 2.24) is 4.98 Å². The number of aromatic amines is 1. The van der Waals surface area contributed by atoms with E-state index in [1.807, 2.05) is 18.5 Å². The van der Waals surface area contributed by atoms with E-state index in [1.165, 1.54) is 5.56 Å². The fraction of sp³-hybridized carbons (Fsp3) is 0.500. The Kier molecular flexibility index (Phi) is 3.81. The molecule has 0 saturated carbocycles. The van der Waals surface area contributed by atoms with Crippen LogP contribution in [0.3, 0.4) is 0 Å². The van der Waals surface area contributed by atoms with Gasteiger partial charge in [0, 0.05) is 23.1 Å². The molecule has 1 aromatic rings. The third-order valence-electron chi connectivity index (χ3n) is 1.77. The van der Waals surface area contributed by atoms with Gasteiger partial charge in [-0.15, -0.1) is 0 Å². The maximum Gasteiger partial charge on any atom is 0.232 e. The van der Waals surface area contributed by atoms with Crippen LogP contribution in [-0.2, 0) is 15.5 Å². The molecule has 0 spiro atoms. The lowest BCUT2D eigenvalue weighted by Crippen LogP contribution is -1.97. The van der Waals surface area contributed by atoms with Crippen molar-refractivity contribution in [2.75, 3.05) is 5.75 Å². The zero-order valence-electron chi connectivity index (χ0n) is 7.16. The molecule has 13 heavy (non-hydrogen) atoms. The summed E-state index contributed by atoms with van der Waals surface area (Å²) in [5.74, 6) is 0.0684. The van der Waals surface area contributed by atoms with Crippen LogP contribution in [0.15, 0.2) is 18.5 Å². The van der Waals surface area contributed by atoms with Crippen LogP contribution >= 0.6 is 10.7 Å². The van der Waals surface area contributed by atoms with E-state index in [0.29, 0.717) is 6.42 Å². The monoisotopic (exact) mass is 221 g/mol. The highest BCUT2D eigenvalue weighted by molar-refractivity contribution is 8.13. The van der Waals surface area contributed by atoms with Crippen molar-refractivity contribution in [2.45, 2.75) is 19.3 Å². The minimum absolute atomic E-state index is 0.0684. The number of aromatic nitrogens is 1. The highest BCUT2D eigenvalue weighted by atomic mass is 35.7. The van der Waals surface area contributed by atoms with Crippen LogP contribution in [0.1, 0.15) is 18.4 Å². The summed E-state index contributed by atoms with van der Waals surface area (Å²) in [4.78, 5) is 2.94. The number of unbranched alkanes of at least 4 members (excludes halogenated alkanes) is 1. The van der Waals surface area contributed by atoms with Crippen molar-refractivity contribution >= 4 is 19.7 Å². The molecular formula is C8H12ClNO2S. The van der Waals surface area contributed by atoms with E-state index in [1.54, 1.807) is 0 Å². The van der Waals surface area contributed by atoms with E-state index >= 15 is 0 Å². The summed E-state index contributed by atoms with van der Waals surface area (Å²) in [7, 11) is 1.76. The molecule has 0 atom stereocenters. The van der Waals surface area contributed by atoms with Gasteiger partial charge in [0.05, 0.1) is 5.75 Å². The maximum absolute atomic E-state index is 10.6. The van der Waals surface area contributed by atoms with Crippen molar-refractivity contribution < 1.29 is 8.42 Å². The molecule has 0 saturated heterocycles. The second kappa shape index (κ2) is 4.67. The van der Waals surface area contributed by atoms with Gasteiger partial charge < -0.3 is 4.98 Å². The zero-order chi connectivity index (χ0) is 9.73. The Morgan fingerprint density at radius 1 is 1.38 bits per heavy atom. The van der Waals surface area contributed by atoms with Gasteiger partial charge in [0.15, 0.2) is 0 Å². The van der Waals surface area contributed by atoms with Gasteiger partial charge in [-0.1, -0.05) is 0 Å². The molecule has 1 heterocycles. The Bertz CT molecular complexity index is 331. The average molecular weight is 222 g/mol. The first-order valence-electron chi connectivity index (χ1n) is 4.12. The summed E-state index contributed by atoms with van der Waals surface area (Å²) in [6.07, 6.45) is 6.14. The van der Waals surface area contributed by atoms with Crippen LogP contribution in [0.2, 0.25) is 0 Å². The van der Waals surface area contributed by atoms with Crippen LogP contribution in [0.25, 0.3) is 0 Å². The van der Waals surface area contributed by atoms with Gasteiger partial charge in [0.1, 0.15) is 0 Å². The lowest BCUT2D eigenvalue weighted by Gasteiger charge is -1.96. The summed E-state index contributed by atoms with van der Waals surface area (Å²) >= 11 is 0. The van der Waals surface area contributed by atoms with Gasteiger partial charge in [-0.2, -0.15) is 0 Å². The number of nitrogens with one attached hydrogen (secondary N) is 1. The summed E-state index contributed by atoms with van der Waals surface area (Å²) < 4.78 is 21.1. The van der Waals surface area contributed by atoms with Crippen LogP contribution in [-0.4, -0.2) is 19.2 Å². The molecule has 0 aliphatic rings. The number of hydrogen-bond donors (Lipinski definition) is 1. The molecule has 5 heteroatoms. The fourth-order valence-corrected chi connectivity index (χ4v) is 1.99. The zero-order valence-corrected chi connectivity index (χ0v) is 8.74. The second-order valence-electron chi connectivity index (χ2n) is 2.92. The van der Waals surface area contributed by atoms with Crippen LogP contribution in [0, 0.1) is 0 Å². The average Bonchev–Trinajstić information content (AvgIpc) is 2.48. The minimum Gasteiger partial charge on any atom is -0.367 e. The van der Waals surface area contributed by atoms with E-state index in [9.17, 15) is 8.42 Å². The van der Waals surface area contributed by atoms with Gasteiger partial charge in [-0.3, -0.25) is 0 Å². The molecule has 0 aromatic carbocycles. The number of rotatable bonds is 5. The third kappa shape index (κ3) is 4.95. The third-order valence-corrected chi connectivity index (χ3v) is 3.01. The first-order chi connectivity index (χ1) is 6.08. The SMILES string of the molecule is O=S(=O)(Cl)CCCCc1cc[nH]c1. The number of halogens is 1. The molecule has 1 aromatic heterocycles. The molecule has 0 unspecified atom stereocenters. The van der Waals surface area contributed by atoms with Crippen LogP contribution in [0.5, 0.6) is 0 Å². The molecular weight excluding hydrogens is 210 g/mol. The molecule has 0 fully saturated rings. The maximum atomic E-state index is 10.6. The Balaban J connectivity index is 2.16. The predicted octanol–water partition coefficient (Wildman–Crippen LogP) is 1.91. The fourth-order valence-electron chi connectivity index (χ4n) is 1.12. The molecule has 3 nitrogen and oxygen atoms in total. The van der Waals surface area contributed by atoms with Gasteiger partial charge in [0.2, 0.25) is 9.05 Å². The van der Waals surface area contributed by atoms with Gasteiger partial charge in [0.25, 0.3) is 0 Å². The van der Waals surface area contributed by atoms with Crippen molar-refractivity contribution in [1.29, 1.82) is 0 Å². The highest BCUT2D eigenvalue weighted by Crippen LogP contribution is 2.06. The van der Waals surface area contributed by atoms with Crippen molar-refractivity contribution in [3.63, 3.8) is 0 Å². The van der Waals surface area contributed by atoms with Gasteiger partial charge in [-0.05, 0) is 30.9 Å². The highest BCUT2D eigenvalue weighted by Gasteiger charge is 2.03. The Hall–Kier alpha value is -0.480. The lowest BCUT2D eigenvalue weighted by molar-refractivity contribution is 0.605. The van der Waals surface area contributed by atoms with E-state index in [4.69, 9.17) is 10.7 Å². The smallest absolute Gasteiger partial charge is 0.232 e. The summed E-state index contributed by atoms with van der Waals surface area (Å²) in [5.41, 5.74) is 1.20. The molecule has 74 valence electrons. The molecule has 1 N–H and O–H groups in total. The molecule has 0 amide bonds. The van der Waals surface area contributed by atoms with E-state index in [0.717, 1.165) is 12.8 Å². The van der Waals surface area contributed by atoms with Gasteiger partial charge in [-0.25, -0.2) is 8.42 Å². The topological polar surface area (TPSA) is 49.9 Å². The van der Waals surface area contributed by atoms with Crippen LogP contribution in [0.4, 0.5) is 0 Å². The normalized spacial score (nSPS) is 11.8. The second-order valence-corrected chi connectivity index (χ2v) is 5.82. The summed E-state index contributed by atoms with van der Waals surface area (Å²) in [6.45, 7) is 0. The van der Waals surface area contributed by atoms with E-state index in [2.05, 4.69) is 4.98 Å². The van der Waals surface area contributed by atoms with Crippen molar-refractivity contribution in [2.24, 2.45) is 0 Å². The lowest BCUT2D eigenvalue weighted by atomic mass is 10.2. The first-order valence-corrected chi connectivity index (χ1v) is 6.60. The van der Waals surface area contributed by atoms with Crippen LogP contribution < -0.4 is 0 Å². The molecule has 0 aliphatic carbocycles. The van der Waals surface area contributed by atoms with Gasteiger partial charge >= 0.3 is 0 Å². The summed E-state index contributed by atoms with van der Waals surface area (Å²) in [5, 5.41) is 0. The standard InChI is InChI=1S/C8H12ClNO2S/c9-13(11,12)6-2-1-3-8-4-5-10-7-8/h4-5,7,10H,1-3,6H2. The largest absolute Gasteiger partial charge is 0.367 e. The van der Waals surface area contributed by atoms with E-state index < -0.39 is 9.05 Å².